The predicted octanol–water partition coefficient (Wildman–Crippen LogP) is 2.35. The first-order chi connectivity index (χ1) is 39.8. The summed E-state index contributed by atoms with van der Waals surface area (Å²) in [4.78, 5) is 168. The zero-order chi connectivity index (χ0) is 66.5. The van der Waals surface area contributed by atoms with E-state index in [4.69, 9.17) is 5.73 Å². The Bertz CT molecular complexity index is 2330. The maximum absolute atomic E-state index is 15.1. The van der Waals surface area contributed by atoms with Gasteiger partial charge in [-0.1, -0.05) is 102 Å². The van der Waals surface area contributed by atoms with Gasteiger partial charge in [-0.05, 0) is 107 Å². The molecular formula is C62H112N12O12. The Labute approximate surface area is 514 Å². The molecule has 1 fully saturated rings. The Morgan fingerprint density at radius 3 is 1.35 bits per heavy atom. The third-order valence-corrected chi connectivity index (χ3v) is 15.9. The van der Waals surface area contributed by atoms with Crippen molar-refractivity contribution in [3.05, 3.63) is 12.2 Å². The molecule has 1 heterocycles. The molecule has 86 heavy (non-hydrogen) atoms. The summed E-state index contributed by atoms with van der Waals surface area (Å²) >= 11 is 0. The van der Waals surface area contributed by atoms with E-state index < -0.39 is 150 Å². The van der Waals surface area contributed by atoms with Crippen LogP contribution in [-0.2, 0) is 52.7 Å². The largest absolute Gasteiger partial charge is 0.390 e. The molecule has 24 heteroatoms. The molecule has 1 aliphatic heterocycles. The zero-order valence-corrected chi connectivity index (χ0v) is 56.2. The van der Waals surface area contributed by atoms with E-state index in [1.165, 1.54) is 87.7 Å². The van der Waals surface area contributed by atoms with Crippen LogP contribution in [0, 0.1) is 35.5 Å². The molecule has 1 aliphatic rings. The molecule has 0 saturated carbocycles. The van der Waals surface area contributed by atoms with E-state index in [1.54, 1.807) is 40.7 Å². The lowest BCUT2D eigenvalue weighted by Crippen LogP contribution is -2.63. The molecular weight excluding hydrogens is 1100 g/mol. The maximum atomic E-state index is 15.1. The molecule has 7 N–H and O–H groups in total. The minimum absolute atomic E-state index is 0.00502. The highest BCUT2D eigenvalue weighted by Gasteiger charge is 2.45. The molecule has 1 saturated heterocycles. The van der Waals surface area contributed by atoms with E-state index in [0.29, 0.717) is 13.0 Å². The molecule has 11 amide bonds. The average molecular weight is 1220 g/mol. The molecule has 1 unspecified atom stereocenters. The third-order valence-electron chi connectivity index (χ3n) is 15.9. The summed E-state index contributed by atoms with van der Waals surface area (Å²) in [5.41, 5.74) is 5.68. The fourth-order valence-corrected chi connectivity index (χ4v) is 10.7. The van der Waals surface area contributed by atoms with Gasteiger partial charge in [-0.3, -0.25) is 52.7 Å². The number of hydrogen-bond donors (Lipinski definition) is 6. The standard InChI is InChI=1S/C62H112N12O12/c1-23-43-58(82)68(16)34-49(76)69(17)44(30-35(2)3)55(79)67-50(39(10)11)61(85)70(18)45(31-36(4)5)54(78)64-41(14)53(77)65-42(15)57(81)71(19)46(32-37(6)7)59(83)72(20)47(33-38(8)9)60(84)73(21)51(40(12)13)62(86)74(22)52(56(80)66-43)48(75)28-26-24-25-27-29-63/h24-25,35-48,50-52,75H,23,26-34,63H2,1-22H3,(H,64,78)(H,65,77)(H,66,80)(H,67,79)/b25-24+/t41-,42+,43-,44-,45-,46-,47-,48+,50-,51-,52?/m0/s1. The summed E-state index contributed by atoms with van der Waals surface area (Å²) in [7, 11) is 9.88. The molecule has 1 rings (SSSR count). The van der Waals surface area contributed by atoms with Crippen molar-refractivity contribution in [3.8, 4) is 0 Å². The highest BCUT2D eigenvalue weighted by atomic mass is 16.3. The topological polar surface area (TPSA) is 305 Å². The normalized spacial score (nSPS) is 26.3. The molecule has 0 aliphatic carbocycles. The van der Waals surface area contributed by atoms with Crippen LogP contribution in [0.15, 0.2) is 12.2 Å². The Kier molecular flexibility index (Phi) is 32.8. The highest BCUT2D eigenvalue weighted by Crippen LogP contribution is 2.25. The first-order valence-electron chi connectivity index (χ1n) is 30.9. The number of nitrogens with one attached hydrogen (secondary N) is 4. The number of rotatable bonds is 17. The van der Waals surface area contributed by atoms with Gasteiger partial charge in [0.2, 0.25) is 65.0 Å². The second-order valence-electron chi connectivity index (χ2n) is 26.0. The number of carbonyl (C=O) groups is 11. The monoisotopic (exact) mass is 1220 g/mol. The second-order valence-corrected chi connectivity index (χ2v) is 26.0. The van der Waals surface area contributed by atoms with Gasteiger partial charge in [-0.25, -0.2) is 0 Å². The van der Waals surface area contributed by atoms with Crippen molar-refractivity contribution < 1.29 is 57.8 Å². The number of hydrogen-bond acceptors (Lipinski definition) is 13. The summed E-state index contributed by atoms with van der Waals surface area (Å²) in [5.74, 6) is -9.18. The van der Waals surface area contributed by atoms with Gasteiger partial charge in [0.05, 0.1) is 12.6 Å². The van der Waals surface area contributed by atoms with Gasteiger partial charge in [0.15, 0.2) is 0 Å². The first kappa shape index (κ1) is 77.8. The van der Waals surface area contributed by atoms with Crippen molar-refractivity contribution in [2.45, 2.75) is 222 Å². The fraction of sp³-hybridized carbons (Fsp3) is 0.790. The summed E-state index contributed by atoms with van der Waals surface area (Å²) in [6, 6.07) is -12.4. The van der Waals surface area contributed by atoms with E-state index in [1.807, 2.05) is 61.5 Å². The van der Waals surface area contributed by atoms with Gasteiger partial charge in [-0.15, -0.1) is 0 Å². The van der Waals surface area contributed by atoms with Crippen molar-refractivity contribution in [1.29, 1.82) is 0 Å². The number of amides is 11. The summed E-state index contributed by atoms with van der Waals surface area (Å²) < 4.78 is 0. The van der Waals surface area contributed by atoms with E-state index in [0.717, 1.165) is 9.80 Å². The van der Waals surface area contributed by atoms with Crippen LogP contribution >= 0.6 is 0 Å². The van der Waals surface area contributed by atoms with Crippen LogP contribution in [0.2, 0.25) is 0 Å². The number of nitrogens with zero attached hydrogens (tertiary/aromatic N) is 7. The molecule has 0 aromatic heterocycles. The Balaban J connectivity index is 4.30. The maximum Gasteiger partial charge on any atom is 0.246 e. The molecule has 492 valence electrons. The fourth-order valence-electron chi connectivity index (χ4n) is 10.7. The van der Waals surface area contributed by atoms with Crippen LogP contribution in [0.3, 0.4) is 0 Å². The quantitative estimate of drug-likeness (QED) is 0.114. The lowest BCUT2D eigenvalue weighted by molar-refractivity contribution is -0.157. The predicted molar refractivity (Wildman–Crippen MR) is 332 cm³/mol. The van der Waals surface area contributed by atoms with Crippen LogP contribution in [0.4, 0.5) is 0 Å². The van der Waals surface area contributed by atoms with Gasteiger partial charge < -0.3 is 66.4 Å². The van der Waals surface area contributed by atoms with Gasteiger partial charge >= 0.3 is 0 Å². The first-order valence-corrected chi connectivity index (χ1v) is 30.9. The average Bonchev–Trinajstić information content (AvgIpc) is 2.44. The van der Waals surface area contributed by atoms with Crippen molar-refractivity contribution in [3.63, 3.8) is 0 Å². The third kappa shape index (κ3) is 22.5. The Morgan fingerprint density at radius 1 is 0.465 bits per heavy atom. The number of carbonyl (C=O) groups excluding carboxylic acids is 11. The molecule has 0 aromatic carbocycles. The van der Waals surface area contributed by atoms with Crippen LogP contribution in [0.25, 0.3) is 0 Å². The summed E-state index contributed by atoms with van der Waals surface area (Å²) in [6.45, 7) is 26.1. The molecule has 0 spiro atoms. The second kappa shape index (κ2) is 36.2. The van der Waals surface area contributed by atoms with Crippen molar-refractivity contribution in [1.82, 2.24) is 55.6 Å². The number of likely N-dealkylation sites (N-methyl/N-ethyl adjacent to an activating group) is 7. The number of aliphatic hydroxyl groups is 1. The minimum atomic E-state index is -1.61. The van der Waals surface area contributed by atoms with Gasteiger partial charge in [0.25, 0.3) is 0 Å². The Morgan fingerprint density at radius 2 is 0.884 bits per heavy atom. The molecule has 0 bridgehead atoms. The number of aliphatic hydroxyl groups excluding tert-OH is 1. The Hall–Kier alpha value is -6.17. The lowest BCUT2D eigenvalue weighted by Gasteiger charge is -2.41. The smallest absolute Gasteiger partial charge is 0.246 e. The zero-order valence-electron chi connectivity index (χ0n) is 56.2. The van der Waals surface area contributed by atoms with Crippen molar-refractivity contribution in [2.75, 3.05) is 62.4 Å². The SMILES string of the molecule is CC[C@@H]1NC(=O)C([C@H](O)CC/C=C/CCN)N(C)C(=O)[C@H](C(C)C)N(C)C(=O)[C@H](CC(C)C)N(C)C(=O)[C@H](CC(C)C)N(C)C(=O)[C@@H](C)NC(=O)[C@H](C)NC(=O)[C@H](CC(C)C)N(C)C(=O)[C@H](C(C)C)NC(=O)[C@H](CC(C)C)N(C)C(=O)CN(C)C1=O. The van der Waals surface area contributed by atoms with Crippen molar-refractivity contribution in [2.24, 2.45) is 41.2 Å². The lowest BCUT2D eigenvalue weighted by atomic mass is 9.95. The van der Waals surface area contributed by atoms with E-state index in [9.17, 15) is 48.3 Å². The van der Waals surface area contributed by atoms with Crippen LogP contribution in [-0.4, -0.2) is 233 Å². The van der Waals surface area contributed by atoms with Crippen LogP contribution in [0.1, 0.15) is 155 Å². The molecule has 11 atom stereocenters. The van der Waals surface area contributed by atoms with Crippen molar-refractivity contribution >= 4 is 65.0 Å². The van der Waals surface area contributed by atoms with Gasteiger partial charge in [0, 0.05) is 49.3 Å². The highest BCUT2D eigenvalue weighted by molar-refractivity contribution is 5.99. The van der Waals surface area contributed by atoms with E-state index >= 15 is 9.59 Å². The number of allylic oxidation sites excluding steroid dienone is 1. The van der Waals surface area contributed by atoms with E-state index in [2.05, 4.69) is 21.3 Å². The summed E-state index contributed by atoms with van der Waals surface area (Å²) in [6.07, 6.45) is 3.59. The van der Waals surface area contributed by atoms with Crippen LogP contribution in [0.5, 0.6) is 0 Å². The summed E-state index contributed by atoms with van der Waals surface area (Å²) in [5, 5.41) is 22.9. The molecule has 0 radical (unpaired) electrons. The minimum Gasteiger partial charge on any atom is -0.390 e. The van der Waals surface area contributed by atoms with E-state index in [-0.39, 0.29) is 68.6 Å². The molecule has 24 nitrogen and oxygen atoms in total. The van der Waals surface area contributed by atoms with Crippen LogP contribution < -0.4 is 27.0 Å². The van der Waals surface area contributed by atoms with Gasteiger partial charge in [-0.2, -0.15) is 0 Å². The number of nitrogens with two attached hydrogens (primary N) is 1. The van der Waals surface area contributed by atoms with Gasteiger partial charge in [0.1, 0.15) is 60.4 Å². The molecule has 0 aromatic rings.